The summed E-state index contributed by atoms with van der Waals surface area (Å²) in [5, 5.41) is 13.6. The Morgan fingerprint density at radius 3 is 2.42 bits per heavy atom. The van der Waals surface area contributed by atoms with Gasteiger partial charge in [-0.15, -0.1) is 0 Å². The van der Waals surface area contributed by atoms with Crippen molar-refractivity contribution < 1.29 is 19.4 Å². The SMILES string of the molecule is O=C(Nc1ccc(C(O)CN2CCN(c3ccc4c(c3)OCCO4)CC2)cc1)C1CC1. The van der Waals surface area contributed by atoms with Crippen molar-refractivity contribution in [1.29, 1.82) is 0 Å². The lowest BCUT2D eigenvalue weighted by Gasteiger charge is -2.37. The van der Waals surface area contributed by atoms with E-state index in [0.29, 0.717) is 19.8 Å². The van der Waals surface area contributed by atoms with E-state index in [9.17, 15) is 9.90 Å². The Balaban J connectivity index is 1.12. The maximum Gasteiger partial charge on any atom is 0.227 e. The Morgan fingerprint density at radius 1 is 1.00 bits per heavy atom. The van der Waals surface area contributed by atoms with Crippen LogP contribution in [0.1, 0.15) is 24.5 Å². The molecule has 7 heteroatoms. The topological polar surface area (TPSA) is 74.3 Å². The van der Waals surface area contributed by atoms with Crippen molar-refractivity contribution in [3.8, 4) is 11.5 Å². The van der Waals surface area contributed by atoms with Crippen LogP contribution in [-0.4, -0.2) is 61.9 Å². The lowest BCUT2D eigenvalue weighted by molar-refractivity contribution is -0.117. The van der Waals surface area contributed by atoms with Crippen molar-refractivity contribution >= 4 is 17.3 Å². The summed E-state index contributed by atoms with van der Waals surface area (Å²) in [5.41, 5.74) is 2.81. The van der Waals surface area contributed by atoms with Crippen molar-refractivity contribution in [2.45, 2.75) is 18.9 Å². The number of aliphatic hydroxyl groups is 1. The molecule has 0 aromatic heterocycles. The summed E-state index contributed by atoms with van der Waals surface area (Å²) in [5.74, 6) is 1.92. The van der Waals surface area contributed by atoms with Gasteiger partial charge < -0.3 is 24.8 Å². The third kappa shape index (κ3) is 4.78. The van der Waals surface area contributed by atoms with Crippen LogP contribution >= 0.6 is 0 Å². The van der Waals surface area contributed by atoms with Crippen molar-refractivity contribution in [2.24, 2.45) is 5.92 Å². The van der Waals surface area contributed by atoms with E-state index < -0.39 is 6.10 Å². The minimum atomic E-state index is -0.547. The monoisotopic (exact) mass is 423 g/mol. The van der Waals surface area contributed by atoms with Gasteiger partial charge >= 0.3 is 0 Å². The van der Waals surface area contributed by atoms with Crippen molar-refractivity contribution in [3.05, 3.63) is 48.0 Å². The van der Waals surface area contributed by atoms with Crippen LogP contribution in [0.5, 0.6) is 11.5 Å². The number of nitrogens with zero attached hydrogens (tertiary/aromatic N) is 2. The Bertz CT molecular complexity index is 921. The molecule has 1 unspecified atom stereocenters. The predicted molar refractivity (Wildman–Crippen MR) is 119 cm³/mol. The fourth-order valence-corrected chi connectivity index (χ4v) is 4.15. The highest BCUT2D eigenvalue weighted by atomic mass is 16.6. The van der Waals surface area contributed by atoms with Crippen LogP contribution in [0, 0.1) is 5.92 Å². The number of benzene rings is 2. The number of ether oxygens (including phenoxy) is 2. The molecular weight excluding hydrogens is 394 g/mol. The molecule has 1 aliphatic carbocycles. The number of carbonyl (C=O) groups excluding carboxylic acids is 1. The van der Waals surface area contributed by atoms with Crippen LogP contribution in [0.2, 0.25) is 0 Å². The van der Waals surface area contributed by atoms with E-state index >= 15 is 0 Å². The van der Waals surface area contributed by atoms with E-state index in [1.165, 1.54) is 0 Å². The first-order chi connectivity index (χ1) is 15.2. The average molecular weight is 424 g/mol. The molecule has 7 nitrogen and oxygen atoms in total. The number of fused-ring (bicyclic) bond motifs is 1. The molecule has 2 aliphatic heterocycles. The molecule has 1 saturated heterocycles. The second-order valence-corrected chi connectivity index (χ2v) is 8.52. The standard InChI is InChI=1S/C24H29N3O4/c28-21(17-3-5-19(6-4-17)25-24(29)18-1-2-18)16-26-9-11-27(12-10-26)20-7-8-22-23(15-20)31-14-13-30-22/h3-8,15,18,21,28H,1-2,9-14,16H2,(H,25,29). The third-order valence-electron chi connectivity index (χ3n) is 6.21. The minimum absolute atomic E-state index is 0.101. The zero-order valence-corrected chi connectivity index (χ0v) is 17.6. The fraction of sp³-hybridized carbons (Fsp3) is 0.458. The van der Waals surface area contributed by atoms with Gasteiger partial charge in [-0.3, -0.25) is 9.69 Å². The second kappa shape index (κ2) is 8.77. The lowest BCUT2D eigenvalue weighted by atomic mass is 10.1. The molecule has 31 heavy (non-hydrogen) atoms. The van der Waals surface area contributed by atoms with Crippen LogP contribution in [-0.2, 0) is 4.79 Å². The number of hydrogen-bond donors (Lipinski definition) is 2. The number of rotatable bonds is 6. The summed E-state index contributed by atoms with van der Waals surface area (Å²) in [4.78, 5) is 16.5. The highest BCUT2D eigenvalue weighted by Gasteiger charge is 2.29. The maximum absolute atomic E-state index is 11.9. The van der Waals surface area contributed by atoms with Crippen LogP contribution in [0.4, 0.5) is 11.4 Å². The van der Waals surface area contributed by atoms with Gasteiger partial charge in [0.15, 0.2) is 11.5 Å². The van der Waals surface area contributed by atoms with Crippen molar-refractivity contribution in [2.75, 3.05) is 56.2 Å². The van der Waals surface area contributed by atoms with Gasteiger partial charge in [0, 0.05) is 56.1 Å². The van der Waals surface area contributed by atoms with Gasteiger partial charge in [-0.1, -0.05) is 12.1 Å². The number of β-amino-alcohol motifs (C(OH)–C–C–N with tert-alkyl or cyclic N) is 1. The number of piperazine rings is 1. The molecule has 1 atom stereocenters. The van der Waals surface area contributed by atoms with Crippen molar-refractivity contribution in [3.63, 3.8) is 0 Å². The molecule has 5 rings (SSSR count). The summed E-state index contributed by atoms with van der Waals surface area (Å²) in [6.45, 7) is 5.38. The smallest absolute Gasteiger partial charge is 0.227 e. The summed E-state index contributed by atoms with van der Waals surface area (Å²) in [6.07, 6.45) is 1.43. The van der Waals surface area contributed by atoms with Crippen LogP contribution < -0.4 is 19.7 Å². The molecule has 2 aromatic rings. The molecule has 2 aromatic carbocycles. The Kier molecular flexibility index (Phi) is 5.70. The third-order valence-corrected chi connectivity index (χ3v) is 6.21. The van der Waals surface area contributed by atoms with Crippen LogP contribution in [0.3, 0.4) is 0 Å². The molecular formula is C24H29N3O4. The second-order valence-electron chi connectivity index (χ2n) is 8.52. The molecule has 1 saturated carbocycles. The first-order valence-corrected chi connectivity index (χ1v) is 11.1. The number of amides is 1. The molecule has 164 valence electrons. The number of nitrogens with one attached hydrogen (secondary N) is 1. The summed E-state index contributed by atoms with van der Waals surface area (Å²) >= 11 is 0. The van der Waals surface area contributed by atoms with E-state index in [-0.39, 0.29) is 11.8 Å². The fourth-order valence-electron chi connectivity index (χ4n) is 4.15. The van der Waals surface area contributed by atoms with E-state index in [2.05, 4.69) is 27.2 Å². The summed E-state index contributed by atoms with van der Waals surface area (Å²) in [7, 11) is 0. The largest absolute Gasteiger partial charge is 0.486 e. The van der Waals surface area contributed by atoms with Gasteiger partial charge in [0.25, 0.3) is 0 Å². The molecule has 1 amide bonds. The molecule has 2 heterocycles. The highest BCUT2D eigenvalue weighted by molar-refractivity contribution is 5.94. The van der Waals surface area contributed by atoms with E-state index in [4.69, 9.17) is 9.47 Å². The van der Waals surface area contributed by atoms with Gasteiger partial charge in [-0.05, 0) is 42.7 Å². The van der Waals surface area contributed by atoms with Gasteiger partial charge in [0.2, 0.25) is 5.91 Å². The molecule has 2 fully saturated rings. The Labute approximate surface area is 182 Å². The van der Waals surface area contributed by atoms with Crippen LogP contribution in [0.25, 0.3) is 0 Å². The maximum atomic E-state index is 11.9. The minimum Gasteiger partial charge on any atom is -0.486 e. The summed E-state index contributed by atoms with van der Waals surface area (Å²) < 4.78 is 11.3. The molecule has 0 radical (unpaired) electrons. The first kappa shape index (κ1) is 20.2. The quantitative estimate of drug-likeness (QED) is 0.744. The molecule has 2 N–H and O–H groups in total. The normalized spacial score (nSPS) is 19.7. The van der Waals surface area contributed by atoms with E-state index in [1.54, 1.807) is 0 Å². The predicted octanol–water partition coefficient (Wildman–Crippen LogP) is 2.66. The highest BCUT2D eigenvalue weighted by Crippen LogP contribution is 2.34. The zero-order valence-electron chi connectivity index (χ0n) is 17.6. The average Bonchev–Trinajstić information content (AvgIpc) is 3.65. The number of aliphatic hydroxyl groups excluding tert-OH is 1. The van der Waals surface area contributed by atoms with E-state index in [0.717, 1.165) is 67.5 Å². The molecule has 0 bridgehead atoms. The van der Waals surface area contributed by atoms with Gasteiger partial charge in [0.05, 0.1) is 6.10 Å². The molecule has 0 spiro atoms. The van der Waals surface area contributed by atoms with E-state index in [1.807, 2.05) is 30.3 Å². The van der Waals surface area contributed by atoms with Gasteiger partial charge in [0.1, 0.15) is 13.2 Å². The molecule has 3 aliphatic rings. The Morgan fingerprint density at radius 2 is 1.71 bits per heavy atom. The first-order valence-electron chi connectivity index (χ1n) is 11.1. The number of hydrogen-bond acceptors (Lipinski definition) is 6. The van der Waals surface area contributed by atoms with Crippen molar-refractivity contribution in [1.82, 2.24) is 4.90 Å². The van der Waals surface area contributed by atoms with Gasteiger partial charge in [-0.2, -0.15) is 0 Å². The summed E-state index contributed by atoms with van der Waals surface area (Å²) in [6, 6.07) is 13.7. The van der Waals surface area contributed by atoms with Gasteiger partial charge in [-0.25, -0.2) is 0 Å². The number of carbonyl (C=O) groups is 1. The van der Waals surface area contributed by atoms with Crippen LogP contribution in [0.15, 0.2) is 42.5 Å². The Hall–Kier alpha value is -2.77. The lowest BCUT2D eigenvalue weighted by Crippen LogP contribution is -2.47. The zero-order chi connectivity index (χ0) is 21.2. The number of anilines is 2.